The number of hydrogen-bond donors (Lipinski definition) is 1. The number of carboxylic acid groups (broad SMARTS) is 1. The molecule has 1 aromatic carbocycles. The first-order valence-corrected chi connectivity index (χ1v) is 6.24. The van der Waals surface area contributed by atoms with E-state index in [2.05, 4.69) is 0 Å². The predicted octanol–water partition coefficient (Wildman–Crippen LogP) is 2.36. The summed E-state index contributed by atoms with van der Waals surface area (Å²) in [6.45, 7) is 0. The van der Waals surface area contributed by atoms with Gasteiger partial charge in [-0.3, -0.25) is 4.79 Å². The standard InChI is InChI=1S/C14H17FO5/c1-18-9-7-8(14(13(16)17)5-4-6-14)11(19-2)10(15)12(9)20-3/h7H,4-6H2,1-3H3,(H,16,17). The summed E-state index contributed by atoms with van der Waals surface area (Å²) in [6.07, 6.45) is 1.69. The number of rotatable bonds is 5. The van der Waals surface area contributed by atoms with Crippen LogP contribution in [0.1, 0.15) is 24.8 Å². The van der Waals surface area contributed by atoms with E-state index in [-0.39, 0.29) is 17.2 Å². The number of aliphatic carboxylic acids is 1. The summed E-state index contributed by atoms with van der Waals surface area (Å²) in [5, 5.41) is 9.49. The van der Waals surface area contributed by atoms with Crippen molar-refractivity contribution in [1.82, 2.24) is 0 Å². The second-order valence-corrected chi connectivity index (χ2v) is 4.75. The van der Waals surface area contributed by atoms with E-state index in [9.17, 15) is 14.3 Å². The lowest BCUT2D eigenvalue weighted by atomic mass is 9.64. The number of halogens is 1. The van der Waals surface area contributed by atoms with Crippen molar-refractivity contribution in [3.63, 3.8) is 0 Å². The Morgan fingerprint density at radius 2 is 1.80 bits per heavy atom. The number of methoxy groups -OCH3 is 3. The fourth-order valence-electron chi connectivity index (χ4n) is 2.62. The summed E-state index contributed by atoms with van der Waals surface area (Å²) >= 11 is 0. The molecule has 1 aliphatic rings. The Bertz CT molecular complexity index is 537. The topological polar surface area (TPSA) is 65.0 Å². The molecule has 20 heavy (non-hydrogen) atoms. The van der Waals surface area contributed by atoms with E-state index < -0.39 is 17.2 Å². The highest BCUT2D eigenvalue weighted by Crippen LogP contribution is 2.51. The van der Waals surface area contributed by atoms with Crippen LogP contribution in [0.3, 0.4) is 0 Å². The Hall–Kier alpha value is -1.98. The molecule has 0 spiro atoms. The fourth-order valence-corrected chi connectivity index (χ4v) is 2.62. The molecule has 0 aromatic heterocycles. The van der Waals surface area contributed by atoms with Crippen LogP contribution in [0, 0.1) is 5.82 Å². The molecule has 5 nitrogen and oxygen atoms in total. The molecular formula is C14H17FO5. The number of carboxylic acids is 1. The molecule has 1 aliphatic carbocycles. The lowest BCUT2D eigenvalue weighted by Gasteiger charge is -2.39. The van der Waals surface area contributed by atoms with Crippen LogP contribution in [-0.4, -0.2) is 32.4 Å². The Kier molecular flexibility index (Phi) is 3.74. The molecule has 1 fully saturated rings. The van der Waals surface area contributed by atoms with Gasteiger partial charge in [-0.05, 0) is 18.9 Å². The lowest BCUT2D eigenvalue weighted by Crippen LogP contribution is -2.42. The van der Waals surface area contributed by atoms with Crippen molar-refractivity contribution >= 4 is 5.97 Å². The number of benzene rings is 1. The molecule has 6 heteroatoms. The van der Waals surface area contributed by atoms with Crippen molar-refractivity contribution in [1.29, 1.82) is 0 Å². The van der Waals surface area contributed by atoms with E-state index in [1.165, 1.54) is 27.4 Å². The zero-order valence-electron chi connectivity index (χ0n) is 11.7. The summed E-state index contributed by atoms with van der Waals surface area (Å²) in [4.78, 5) is 11.6. The molecule has 0 heterocycles. The van der Waals surface area contributed by atoms with Crippen LogP contribution in [0.5, 0.6) is 17.2 Å². The smallest absolute Gasteiger partial charge is 0.314 e. The molecule has 0 unspecified atom stereocenters. The minimum Gasteiger partial charge on any atom is -0.493 e. The quantitative estimate of drug-likeness (QED) is 0.899. The highest BCUT2D eigenvalue weighted by atomic mass is 19.1. The van der Waals surface area contributed by atoms with Crippen molar-refractivity contribution in [3.05, 3.63) is 17.4 Å². The molecule has 0 bridgehead atoms. The monoisotopic (exact) mass is 284 g/mol. The molecule has 0 aliphatic heterocycles. The second kappa shape index (κ2) is 5.19. The molecule has 110 valence electrons. The summed E-state index contributed by atoms with van der Waals surface area (Å²) in [5.41, 5.74) is -0.806. The maximum atomic E-state index is 14.4. The highest BCUT2D eigenvalue weighted by Gasteiger charge is 2.49. The highest BCUT2D eigenvalue weighted by molar-refractivity contribution is 5.84. The first kappa shape index (κ1) is 14.4. The van der Waals surface area contributed by atoms with Gasteiger partial charge in [-0.15, -0.1) is 0 Å². The first-order chi connectivity index (χ1) is 9.51. The Labute approximate surface area is 116 Å². The molecule has 2 rings (SSSR count). The van der Waals surface area contributed by atoms with Gasteiger partial charge in [0.05, 0.1) is 26.7 Å². The number of carbonyl (C=O) groups is 1. The van der Waals surface area contributed by atoms with E-state index in [1.807, 2.05) is 0 Å². The van der Waals surface area contributed by atoms with Crippen molar-refractivity contribution in [2.24, 2.45) is 0 Å². The zero-order chi connectivity index (χ0) is 14.9. The third-order valence-corrected chi connectivity index (χ3v) is 3.90. The molecular weight excluding hydrogens is 267 g/mol. The van der Waals surface area contributed by atoms with Gasteiger partial charge in [0.25, 0.3) is 0 Å². The van der Waals surface area contributed by atoms with Gasteiger partial charge >= 0.3 is 5.97 Å². The van der Waals surface area contributed by atoms with Gasteiger partial charge in [0, 0.05) is 5.56 Å². The van der Waals surface area contributed by atoms with E-state index in [1.54, 1.807) is 0 Å². The van der Waals surface area contributed by atoms with Crippen LogP contribution >= 0.6 is 0 Å². The van der Waals surface area contributed by atoms with Gasteiger partial charge in [-0.1, -0.05) is 6.42 Å². The van der Waals surface area contributed by atoms with Gasteiger partial charge in [-0.25, -0.2) is 0 Å². The summed E-state index contributed by atoms with van der Waals surface area (Å²) < 4.78 is 29.5. The minimum atomic E-state index is -1.11. The Morgan fingerprint density at radius 3 is 2.15 bits per heavy atom. The predicted molar refractivity (Wildman–Crippen MR) is 69.2 cm³/mol. The summed E-state index contributed by atoms with van der Waals surface area (Å²) in [6, 6.07) is 1.49. The zero-order valence-corrected chi connectivity index (χ0v) is 11.7. The third kappa shape index (κ3) is 1.87. The van der Waals surface area contributed by atoms with Crippen molar-refractivity contribution < 1.29 is 28.5 Å². The van der Waals surface area contributed by atoms with Crippen LogP contribution in [0.15, 0.2) is 6.07 Å². The van der Waals surface area contributed by atoms with Gasteiger partial charge in [0.2, 0.25) is 11.6 Å². The summed E-state index contributed by atoms with van der Waals surface area (Å²) in [7, 11) is 4.00. The van der Waals surface area contributed by atoms with Crippen LogP contribution in [0.4, 0.5) is 4.39 Å². The van der Waals surface area contributed by atoms with Crippen molar-refractivity contribution in [2.45, 2.75) is 24.7 Å². The number of ether oxygens (including phenoxy) is 3. The van der Waals surface area contributed by atoms with Gasteiger partial charge in [0.15, 0.2) is 11.5 Å². The van der Waals surface area contributed by atoms with Crippen LogP contribution < -0.4 is 14.2 Å². The molecule has 0 radical (unpaired) electrons. The maximum absolute atomic E-state index is 14.4. The third-order valence-electron chi connectivity index (χ3n) is 3.90. The average Bonchev–Trinajstić information content (AvgIpc) is 2.36. The van der Waals surface area contributed by atoms with Gasteiger partial charge in [-0.2, -0.15) is 4.39 Å². The average molecular weight is 284 g/mol. The SMILES string of the molecule is COc1cc(C2(C(=O)O)CCC2)c(OC)c(F)c1OC. The van der Waals surface area contributed by atoms with E-state index in [4.69, 9.17) is 14.2 Å². The molecule has 0 atom stereocenters. The van der Waals surface area contributed by atoms with Crippen molar-refractivity contribution in [3.8, 4) is 17.2 Å². The summed E-state index contributed by atoms with van der Waals surface area (Å²) in [5.74, 6) is -1.74. The minimum absolute atomic E-state index is 0.0898. The van der Waals surface area contributed by atoms with Crippen LogP contribution in [0.25, 0.3) is 0 Å². The molecule has 0 amide bonds. The maximum Gasteiger partial charge on any atom is 0.314 e. The first-order valence-electron chi connectivity index (χ1n) is 6.24. The fraction of sp³-hybridized carbons (Fsp3) is 0.500. The second-order valence-electron chi connectivity index (χ2n) is 4.75. The van der Waals surface area contributed by atoms with Crippen LogP contribution in [-0.2, 0) is 10.2 Å². The van der Waals surface area contributed by atoms with E-state index in [0.29, 0.717) is 18.4 Å². The van der Waals surface area contributed by atoms with Crippen molar-refractivity contribution in [2.75, 3.05) is 21.3 Å². The molecule has 0 saturated heterocycles. The molecule has 1 saturated carbocycles. The van der Waals surface area contributed by atoms with Gasteiger partial charge < -0.3 is 19.3 Å². The molecule has 1 aromatic rings. The molecule has 1 N–H and O–H groups in total. The van der Waals surface area contributed by atoms with E-state index >= 15 is 0 Å². The number of hydrogen-bond acceptors (Lipinski definition) is 4. The normalized spacial score (nSPS) is 16.2. The lowest BCUT2D eigenvalue weighted by molar-refractivity contribution is -0.147. The van der Waals surface area contributed by atoms with E-state index in [0.717, 1.165) is 6.42 Å². The van der Waals surface area contributed by atoms with Gasteiger partial charge in [0.1, 0.15) is 0 Å². The largest absolute Gasteiger partial charge is 0.493 e. The Balaban J connectivity index is 2.69. The Morgan fingerprint density at radius 1 is 1.20 bits per heavy atom. The van der Waals surface area contributed by atoms with Crippen LogP contribution in [0.2, 0.25) is 0 Å².